The van der Waals surface area contributed by atoms with E-state index < -0.39 is 34.9 Å². The fourth-order valence-corrected chi connectivity index (χ4v) is 18.6. The number of ether oxygens (including phenoxy) is 2. The first-order chi connectivity index (χ1) is 39.2. The molecule has 13 heteroatoms. The second-order valence-electron chi connectivity index (χ2n) is 25.9. The van der Waals surface area contributed by atoms with Gasteiger partial charge in [0.05, 0.1) is 11.7 Å². The fraction of sp³-hybridized carbons (Fsp3) is 0.485. The van der Waals surface area contributed by atoms with Crippen LogP contribution in [0.2, 0.25) is 0 Å². The van der Waals surface area contributed by atoms with Crippen LogP contribution in [0.4, 0.5) is 0 Å². The summed E-state index contributed by atoms with van der Waals surface area (Å²) in [6.45, 7) is -0.128. The predicted molar refractivity (Wildman–Crippen MR) is 307 cm³/mol. The first-order valence-corrected chi connectivity index (χ1v) is 30.0. The Labute approximate surface area is 473 Å². The number of phenols is 6. The fourth-order valence-electron chi connectivity index (χ4n) is 18.6. The van der Waals surface area contributed by atoms with E-state index in [-0.39, 0.29) is 107 Å². The van der Waals surface area contributed by atoms with E-state index >= 15 is 4.79 Å². The number of hydrogen-bond donors (Lipinski definition) is 10. The van der Waals surface area contributed by atoms with Gasteiger partial charge in [0.1, 0.15) is 36.4 Å². The second kappa shape index (κ2) is 20.9. The molecule has 12 atom stereocenters. The molecule has 5 aromatic carbocycles. The third kappa shape index (κ3) is 9.20. The number of carbonyl (C=O) groups excluding carboxylic acids is 1. The van der Waals surface area contributed by atoms with E-state index in [4.69, 9.17) is 15.2 Å². The van der Waals surface area contributed by atoms with Crippen LogP contribution in [0.5, 0.6) is 46.0 Å². The molecule has 0 radical (unpaired) electrons. The van der Waals surface area contributed by atoms with Crippen molar-refractivity contribution in [1.82, 2.24) is 4.98 Å². The summed E-state index contributed by atoms with van der Waals surface area (Å²) >= 11 is 0. The number of ketones is 1. The van der Waals surface area contributed by atoms with Gasteiger partial charge in [-0.15, -0.1) is 0 Å². The molecular formula is C68H78N2O11. The highest BCUT2D eigenvalue weighted by Gasteiger charge is 2.69. The van der Waals surface area contributed by atoms with Gasteiger partial charge in [-0.2, -0.15) is 0 Å². The summed E-state index contributed by atoms with van der Waals surface area (Å²) in [7, 11) is 0. The van der Waals surface area contributed by atoms with Crippen molar-refractivity contribution in [1.29, 1.82) is 0 Å². The van der Waals surface area contributed by atoms with Gasteiger partial charge < -0.3 is 55.3 Å². The molecule has 0 saturated heterocycles. The number of aliphatic hydroxyl groups is 2. The van der Waals surface area contributed by atoms with Crippen molar-refractivity contribution in [2.45, 2.75) is 157 Å². The van der Waals surface area contributed by atoms with Crippen molar-refractivity contribution in [3.8, 4) is 57.3 Å². The van der Waals surface area contributed by atoms with Crippen molar-refractivity contribution < 1.29 is 55.1 Å². The third-order valence-electron chi connectivity index (χ3n) is 21.8. The maximum absolute atomic E-state index is 15.3. The average Bonchev–Trinajstić information content (AvgIpc) is 2.45. The lowest BCUT2D eigenvalue weighted by Crippen LogP contribution is -2.53. The number of benzene rings is 5. The van der Waals surface area contributed by atoms with Crippen LogP contribution in [-0.4, -0.2) is 70.1 Å². The number of aromatic hydroxyl groups is 6. The molecule has 0 amide bonds. The first-order valence-electron chi connectivity index (χ1n) is 30.0. The smallest absolute Gasteiger partial charge is 0.200 e. The van der Waals surface area contributed by atoms with Crippen LogP contribution in [0.3, 0.4) is 0 Å². The summed E-state index contributed by atoms with van der Waals surface area (Å²) in [6, 6.07) is 29.4. The van der Waals surface area contributed by atoms with Crippen LogP contribution in [0, 0.1) is 40.9 Å². The van der Waals surface area contributed by atoms with E-state index in [1.165, 1.54) is 35.2 Å². The minimum absolute atomic E-state index is 0.00505. The molecule has 1 spiro atoms. The summed E-state index contributed by atoms with van der Waals surface area (Å²) in [5.74, 6) is -2.51. The summed E-state index contributed by atoms with van der Waals surface area (Å²) in [4.78, 5) is 19.0. The van der Waals surface area contributed by atoms with Gasteiger partial charge in [-0.05, 0) is 213 Å². The Morgan fingerprint density at radius 3 is 2.40 bits per heavy atom. The number of nitrogens with one attached hydrogen (secondary N) is 1. The molecule has 8 aliphatic rings. The highest BCUT2D eigenvalue weighted by atomic mass is 16.5. The van der Waals surface area contributed by atoms with E-state index in [2.05, 4.69) is 41.5 Å². The Bertz CT molecular complexity index is 3350. The molecule has 14 rings (SSSR count). The lowest BCUT2D eigenvalue weighted by molar-refractivity contribution is -0.136. The number of hydrogen-bond acceptors (Lipinski definition) is 12. The number of aliphatic hydroxyl groups excluding tert-OH is 1. The van der Waals surface area contributed by atoms with E-state index in [1.54, 1.807) is 48.5 Å². The molecule has 8 aliphatic carbocycles. The predicted octanol–water partition coefficient (Wildman–Crippen LogP) is 12.1. The molecule has 0 unspecified atom stereocenters. The van der Waals surface area contributed by atoms with Crippen molar-refractivity contribution in [3.05, 3.63) is 142 Å². The van der Waals surface area contributed by atoms with Gasteiger partial charge in [0.2, 0.25) is 5.75 Å². The molecular weight excluding hydrogens is 1020 g/mol. The normalized spacial score (nSPS) is 30.4. The molecule has 5 saturated carbocycles. The van der Waals surface area contributed by atoms with Gasteiger partial charge in [-0.3, -0.25) is 10.5 Å². The maximum atomic E-state index is 15.3. The van der Waals surface area contributed by atoms with Crippen LogP contribution < -0.4 is 15.2 Å². The standard InChI is InChI=1S/C68H78N2O11/c69-37-81-57-28-38(12-16-54(57)74)11-15-53(73)49-30-42(29-41-13-14-45(72)33-55(41)75)48-31-43-32-52(59(60(48)62(49)77)50-34-56(76)63(78)64(58(43)50)80-36-40-7-6-8-44(71)27-40)68-25-24-66(22-17-39(35-66)18-23-67(79)20-4-1-5-21-67)65(68)47-19-26-70-61(47)46-9-2-3-10-51(46)68/h2-3,6-10,12-14,16,19,26-28,33-34,39,42-43,48-49,52,59-60,62,65,70-72,74-79H,1,4-5,11,15,17-18,20-25,29-32,35-37,69H2/t39-,42-,43+,48-,49-,52+,59+,60+,62-,65+,66-,68+/m0/s1. The zero-order chi connectivity index (χ0) is 56.0. The minimum atomic E-state index is -1.12. The Hall–Kier alpha value is -6.67. The van der Waals surface area contributed by atoms with Crippen molar-refractivity contribution in [2.24, 2.45) is 46.7 Å². The van der Waals surface area contributed by atoms with E-state index in [1.807, 2.05) is 6.07 Å². The molecule has 11 N–H and O–H groups in total. The Balaban J connectivity index is 0.967. The van der Waals surface area contributed by atoms with Gasteiger partial charge in [0.25, 0.3) is 0 Å². The number of nitrogens with two attached hydrogens (primary N) is 1. The lowest BCUT2D eigenvalue weighted by atomic mass is 9.47. The van der Waals surface area contributed by atoms with Crippen LogP contribution in [0.15, 0.2) is 103 Å². The molecule has 0 aliphatic heterocycles. The number of Topliss-reactive ketones (excluding diaryl/α,β-unsaturated/α-hetero) is 1. The monoisotopic (exact) mass is 1100 g/mol. The molecule has 5 fully saturated rings. The number of phenolic OH excluding ortho intramolecular Hbond substituents is 6. The number of rotatable bonds is 15. The highest BCUT2D eigenvalue weighted by Crippen LogP contribution is 2.77. The van der Waals surface area contributed by atoms with Gasteiger partial charge in [-0.1, -0.05) is 67.8 Å². The van der Waals surface area contributed by atoms with Crippen LogP contribution in [0.25, 0.3) is 11.3 Å². The Morgan fingerprint density at radius 2 is 1.58 bits per heavy atom. The zero-order valence-electron chi connectivity index (χ0n) is 46.1. The number of aromatic nitrogens is 1. The topological polar surface area (TPSA) is 239 Å². The van der Waals surface area contributed by atoms with Crippen LogP contribution >= 0.6 is 0 Å². The third-order valence-corrected chi connectivity index (χ3v) is 21.8. The summed E-state index contributed by atoms with van der Waals surface area (Å²) < 4.78 is 12.2. The molecule has 13 nitrogen and oxygen atoms in total. The van der Waals surface area contributed by atoms with Gasteiger partial charge in [0, 0.05) is 52.8 Å². The van der Waals surface area contributed by atoms with E-state index in [9.17, 15) is 40.9 Å². The highest BCUT2D eigenvalue weighted by molar-refractivity contribution is 5.82. The number of H-pyrrole nitrogens is 1. The summed E-state index contributed by atoms with van der Waals surface area (Å²) in [5.41, 5.74) is 13.2. The van der Waals surface area contributed by atoms with Crippen LogP contribution in [-0.2, 0) is 29.7 Å². The summed E-state index contributed by atoms with van der Waals surface area (Å²) in [6.07, 6.45) is 15.5. The van der Waals surface area contributed by atoms with Gasteiger partial charge >= 0.3 is 0 Å². The lowest BCUT2D eigenvalue weighted by Gasteiger charge is -2.56. The molecule has 1 heterocycles. The van der Waals surface area contributed by atoms with Crippen molar-refractivity contribution >= 4 is 5.78 Å². The first kappa shape index (κ1) is 53.6. The quantitative estimate of drug-likeness (QED) is 0.0341. The largest absolute Gasteiger partial charge is 0.508 e. The molecule has 2 bridgehead atoms. The van der Waals surface area contributed by atoms with Crippen LogP contribution in [0.1, 0.15) is 159 Å². The number of aryl methyl sites for hydroxylation is 1. The Kier molecular flexibility index (Phi) is 13.9. The molecule has 1 aromatic heterocycles. The average molecular weight is 1100 g/mol. The minimum Gasteiger partial charge on any atom is -0.508 e. The van der Waals surface area contributed by atoms with Crippen molar-refractivity contribution in [2.75, 3.05) is 6.73 Å². The SMILES string of the molecule is NCOc1cc(CCC(=O)[C@@H]2C[C@H](Cc3ccc(O)cc3O)[C@@H]3C[C@@H]4C[C@@H]([C@]56CC[C@]7(CC[C@@H](CCC8(O)CCCCC8)C7)[C@H]5c5cc[nH]c5-c5ccccc56)[C@@H](c5cc(O)c(O)c(OCc6cccc(O)c6)c54)[C@@H]3[C@H]2O)ccc1O. The zero-order valence-corrected chi connectivity index (χ0v) is 46.1. The van der Waals surface area contributed by atoms with Crippen molar-refractivity contribution in [3.63, 3.8) is 0 Å². The number of aromatic amines is 1. The molecule has 6 aromatic rings. The second-order valence-corrected chi connectivity index (χ2v) is 25.9. The molecule has 426 valence electrons. The Morgan fingerprint density at radius 1 is 0.753 bits per heavy atom. The van der Waals surface area contributed by atoms with E-state index in [0.29, 0.717) is 49.1 Å². The van der Waals surface area contributed by atoms with Gasteiger partial charge in [0.15, 0.2) is 23.0 Å². The molecule has 81 heavy (non-hydrogen) atoms. The van der Waals surface area contributed by atoms with E-state index in [0.717, 1.165) is 93.0 Å². The maximum Gasteiger partial charge on any atom is 0.200 e. The summed E-state index contributed by atoms with van der Waals surface area (Å²) in [5, 5.41) is 92.8. The van der Waals surface area contributed by atoms with Gasteiger partial charge in [-0.25, -0.2) is 0 Å². The number of fused-ring (bicyclic) bond motifs is 9. The number of carbonyl (C=O) groups is 1.